The van der Waals surface area contributed by atoms with Gasteiger partial charge in [0.2, 0.25) is 0 Å². The molecule has 6 nitrogen and oxygen atoms in total. The number of nitrogens with two attached hydrogens (primary N) is 1. The van der Waals surface area contributed by atoms with E-state index in [1.165, 1.54) is 12.4 Å². The van der Waals surface area contributed by atoms with Gasteiger partial charge in [-0.2, -0.15) is 0 Å². The van der Waals surface area contributed by atoms with E-state index in [9.17, 15) is 9.90 Å². The van der Waals surface area contributed by atoms with Gasteiger partial charge in [0, 0.05) is 25.9 Å². The Morgan fingerprint density at radius 3 is 2.90 bits per heavy atom. The van der Waals surface area contributed by atoms with Crippen molar-refractivity contribution >= 4 is 5.91 Å². The molecule has 0 aliphatic carbocycles. The van der Waals surface area contributed by atoms with Crippen molar-refractivity contribution in [2.24, 2.45) is 5.73 Å². The number of aromatic nitrogens is 1. The summed E-state index contributed by atoms with van der Waals surface area (Å²) in [6.45, 7) is 2.61. The van der Waals surface area contributed by atoms with Crippen molar-refractivity contribution in [3.63, 3.8) is 0 Å². The van der Waals surface area contributed by atoms with Crippen LogP contribution in [-0.4, -0.2) is 53.2 Å². The molecular weight excluding hydrogens is 258 g/mol. The Labute approximate surface area is 118 Å². The molecule has 2 heterocycles. The third-order valence-corrected chi connectivity index (χ3v) is 3.46. The SMILES string of the molecule is NCCCOC1CCN(C(=O)c2ccncc2O)CC1. The Bertz CT molecular complexity index is 445. The highest BCUT2D eigenvalue weighted by Crippen LogP contribution is 2.20. The molecule has 2 rings (SSSR count). The van der Waals surface area contributed by atoms with Crippen LogP contribution in [0.1, 0.15) is 29.6 Å². The zero-order chi connectivity index (χ0) is 14.4. The van der Waals surface area contributed by atoms with E-state index >= 15 is 0 Å². The van der Waals surface area contributed by atoms with Gasteiger partial charge in [0.15, 0.2) is 0 Å². The third-order valence-electron chi connectivity index (χ3n) is 3.46. The second kappa shape index (κ2) is 7.21. The quantitative estimate of drug-likeness (QED) is 0.777. The van der Waals surface area contributed by atoms with E-state index in [2.05, 4.69) is 4.98 Å². The Kier molecular flexibility index (Phi) is 5.31. The third kappa shape index (κ3) is 3.68. The second-order valence-electron chi connectivity index (χ2n) is 4.90. The van der Waals surface area contributed by atoms with Gasteiger partial charge in [-0.05, 0) is 31.9 Å². The van der Waals surface area contributed by atoms with Gasteiger partial charge >= 0.3 is 0 Å². The highest BCUT2D eigenvalue weighted by Gasteiger charge is 2.25. The molecule has 1 aromatic heterocycles. The first-order valence-electron chi connectivity index (χ1n) is 6.96. The van der Waals surface area contributed by atoms with Gasteiger partial charge in [0.05, 0.1) is 17.9 Å². The number of amides is 1. The molecule has 0 unspecified atom stereocenters. The lowest BCUT2D eigenvalue weighted by atomic mass is 10.1. The van der Waals surface area contributed by atoms with Gasteiger partial charge in [0.1, 0.15) is 5.75 Å². The van der Waals surface area contributed by atoms with Crippen LogP contribution in [0.25, 0.3) is 0 Å². The number of aromatic hydroxyl groups is 1. The monoisotopic (exact) mass is 279 g/mol. The number of piperidine rings is 1. The first-order chi connectivity index (χ1) is 9.72. The van der Waals surface area contributed by atoms with Crippen LogP contribution in [-0.2, 0) is 4.74 Å². The average Bonchev–Trinajstić information content (AvgIpc) is 2.48. The van der Waals surface area contributed by atoms with E-state index in [1.54, 1.807) is 11.0 Å². The minimum atomic E-state index is -0.148. The molecule has 0 saturated carbocycles. The van der Waals surface area contributed by atoms with Crippen LogP contribution in [0.5, 0.6) is 5.75 Å². The van der Waals surface area contributed by atoms with Crippen molar-refractivity contribution in [2.75, 3.05) is 26.2 Å². The summed E-state index contributed by atoms with van der Waals surface area (Å²) in [6.07, 6.45) is 5.51. The summed E-state index contributed by atoms with van der Waals surface area (Å²) in [4.78, 5) is 17.8. The summed E-state index contributed by atoms with van der Waals surface area (Å²) in [6, 6.07) is 1.54. The predicted molar refractivity (Wildman–Crippen MR) is 74.5 cm³/mol. The van der Waals surface area contributed by atoms with Crippen molar-refractivity contribution in [3.8, 4) is 5.75 Å². The minimum Gasteiger partial charge on any atom is -0.505 e. The van der Waals surface area contributed by atoms with Crippen LogP contribution >= 0.6 is 0 Å². The summed E-state index contributed by atoms with van der Waals surface area (Å²) < 4.78 is 5.70. The first kappa shape index (κ1) is 14.7. The highest BCUT2D eigenvalue weighted by atomic mass is 16.5. The van der Waals surface area contributed by atoms with Gasteiger partial charge in [0.25, 0.3) is 5.91 Å². The molecule has 0 radical (unpaired) electrons. The molecule has 0 spiro atoms. The molecule has 6 heteroatoms. The molecule has 0 aromatic carbocycles. The summed E-state index contributed by atoms with van der Waals surface area (Å²) in [7, 11) is 0. The fourth-order valence-electron chi connectivity index (χ4n) is 2.30. The Hall–Kier alpha value is -1.66. The van der Waals surface area contributed by atoms with Gasteiger partial charge in [-0.25, -0.2) is 0 Å². The lowest BCUT2D eigenvalue weighted by Gasteiger charge is -2.32. The van der Waals surface area contributed by atoms with E-state index in [1.807, 2.05) is 0 Å². The fraction of sp³-hybridized carbons (Fsp3) is 0.571. The number of likely N-dealkylation sites (tertiary alicyclic amines) is 1. The van der Waals surface area contributed by atoms with Crippen LogP contribution in [0.4, 0.5) is 0 Å². The molecular formula is C14H21N3O3. The smallest absolute Gasteiger partial charge is 0.257 e. The van der Waals surface area contributed by atoms with E-state index in [0.717, 1.165) is 19.3 Å². The summed E-state index contributed by atoms with van der Waals surface area (Å²) in [5.74, 6) is -0.218. The Balaban J connectivity index is 1.85. The lowest BCUT2D eigenvalue weighted by molar-refractivity contribution is 0.00838. The standard InChI is InChI=1S/C14H21N3O3/c15-5-1-9-20-11-3-7-17(8-4-11)14(19)12-2-6-16-10-13(12)18/h2,6,10-11,18H,1,3-5,7-9,15H2. The molecule has 1 saturated heterocycles. The molecule has 1 aliphatic heterocycles. The van der Waals surface area contributed by atoms with E-state index in [0.29, 0.717) is 31.8 Å². The number of pyridine rings is 1. The number of rotatable bonds is 5. The molecule has 0 atom stereocenters. The number of hydrogen-bond donors (Lipinski definition) is 2. The molecule has 1 aromatic rings. The number of nitrogens with zero attached hydrogens (tertiary/aromatic N) is 2. The zero-order valence-corrected chi connectivity index (χ0v) is 11.5. The lowest BCUT2D eigenvalue weighted by Crippen LogP contribution is -2.41. The highest BCUT2D eigenvalue weighted by molar-refractivity contribution is 5.96. The summed E-state index contributed by atoms with van der Waals surface area (Å²) >= 11 is 0. The number of carbonyl (C=O) groups is 1. The molecule has 1 amide bonds. The van der Waals surface area contributed by atoms with Gasteiger partial charge in [-0.3, -0.25) is 9.78 Å². The average molecular weight is 279 g/mol. The van der Waals surface area contributed by atoms with Gasteiger partial charge in [-0.1, -0.05) is 0 Å². The van der Waals surface area contributed by atoms with Crippen molar-refractivity contribution in [1.82, 2.24) is 9.88 Å². The van der Waals surface area contributed by atoms with Crippen LogP contribution in [0, 0.1) is 0 Å². The molecule has 20 heavy (non-hydrogen) atoms. The molecule has 1 aliphatic rings. The van der Waals surface area contributed by atoms with Crippen molar-refractivity contribution in [1.29, 1.82) is 0 Å². The molecule has 1 fully saturated rings. The largest absolute Gasteiger partial charge is 0.505 e. The predicted octanol–water partition coefficient (Wildman–Crippen LogP) is 0.757. The maximum absolute atomic E-state index is 12.3. The van der Waals surface area contributed by atoms with Crippen LogP contribution in [0.3, 0.4) is 0 Å². The maximum Gasteiger partial charge on any atom is 0.257 e. The Morgan fingerprint density at radius 1 is 1.50 bits per heavy atom. The second-order valence-corrected chi connectivity index (χ2v) is 4.90. The minimum absolute atomic E-state index is 0.0705. The normalized spacial score (nSPS) is 16.4. The summed E-state index contributed by atoms with van der Waals surface area (Å²) in [5, 5.41) is 9.66. The van der Waals surface area contributed by atoms with E-state index in [-0.39, 0.29) is 17.8 Å². The van der Waals surface area contributed by atoms with Gasteiger partial charge < -0.3 is 20.5 Å². The molecule has 0 bridgehead atoms. The number of hydrogen-bond acceptors (Lipinski definition) is 5. The fourth-order valence-corrected chi connectivity index (χ4v) is 2.30. The summed E-state index contributed by atoms with van der Waals surface area (Å²) in [5.41, 5.74) is 5.73. The van der Waals surface area contributed by atoms with E-state index in [4.69, 9.17) is 10.5 Å². The number of ether oxygens (including phenoxy) is 1. The molecule has 110 valence electrons. The van der Waals surface area contributed by atoms with Crippen LogP contribution in [0.2, 0.25) is 0 Å². The maximum atomic E-state index is 12.3. The van der Waals surface area contributed by atoms with Crippen molar-refractivity contribution < 1.29 is 14.6 Å². The van der Waals surface area contributed by atoms with Gasteiger partial charge in [-0.15, -0.1) is 0 Å². The topological polar surface area (TPSA) is 88.7 Å². The Morgan fingerprint density at radius 2 is 2.25 bits per heavy atom. The number of carbonyl (C=O) groups excluding carboxylic acids is 1. The van der Waals surface area contributed by atoms with Crippen molar-refractivity contribution in [3.05, 3.63) is 24.0 Å². The van der Waals surface area contributed by atoms with Crippen LogP contribution in [0.15, 0.2) is 18.5 Å². The van der Waals surface area contributed by atoms with E-state index < -0.39 is 0 Å². The zero-order valence-electron chi connectivity index (χ0n) is 11.5. The van der Waals surface area contributed by atoms with Crippen molar-refractivity contribution in [2.45, 2.75) is 25.4 Å². The first-order valence-corrected chi connectivity index (χ1v) is 6.96. The van der Waals surface area contributed by atoms with Crippen LogP contribution < -0.4 is 5.73 Å². The molecule has 3 N–H and O–H groups in total.